The quantitative estimate of drug-likeness (QED) is 0.642. The number of aromatic nitrogens is 1. The van der Waals surface area contributed by atoms with Gasteiger partial charge in [-0.2, -0.15) is 0 Å². The largest absolute Gasteiger partial charge is 0.237 e. The van der Waals surface area contributed by atoms with Crippen LogP contribution in [0.25, 0.3) is 0 Å². The monoisotopic (exact) mass is 174 g/mol. The third-order valence-electron chi connectivity index (χ3n) is 2.76. The molecular formula is C11H14N2. The molecule has 0 saturated carbocycles. The fourth-order valence-corrected chi connectivity index (χ4v) is 1.92. The molecule has 0 aromatic carbocycles. The van der Waals surface area contributed by atoms with Gasteiger partial charge in [-0.15, -0.1) is 0 Å². The van der Waals surface area contributed by atoms with Crippen LogP contribution in [-0.4, -0.2) is 10.7 Å². The van der Waals surface area contributed by atoms with Gasteiger partial charge in [0.05, 0.1) is 0 Å². The van der Waals surface area contributed by atoms with Gasteiger partial charge in [-0.3, -0.25) is 0 Å². The van der Waals surface area contributed by atoms with Crippen molar-refractivity contribution in [3.05, 3.63) is 23.9 Å². The van der Waals surface area contributed by atoms with E-state index in [1.165, 1.54) is 11.3 Å². The molecule has 0 saturated heterocycles. The van der Waals surface area contributed by atoms with Gasteiger partial charge in [0.15, 0.2) is 5.82 Å². The first kappa shape index (κ1) is 8.42. The minimum atomic E-state index is 0.0817. The Kier molecular flexibility index (Phi) is 1.72. The average molecular weight is 174 g/mol. The highest BCUT2D eigenvalue weighted by atomic mass is 14.9. The molecule has 2 nitrogen and oxygen atoms in total. The molecule has 2 rings (SSSR count). The number of hydrogen-bond acceptors (Lipinski definition) is 2. The van der Waals surface area contributed by atoms with Crippen LogP contribution in [0.4, 0.5) is 5.82 Å². The van der Waals surface area contributed by atoms with E-state index < -0.39 is 0 Å². The second kappa shape index (κ2) is 2.66. The van der Waals surface area contributed by atoms with Crippen LogP contribution in [-0.2, 0) is 5.41 Å². The first-order chi connectivity index (χ1) is 6.16. The Morgan fingerprint density at radius 1 is 1.38 bits per heavy atom. The summed E-state index contributed by atoms with van der Waals surface area (Å²) in [6.45, 7) is 6.57. The first-order valence-electron chi connectivity index (χ1n) is 4.70. The molecule has 0 unspecified atom stereocenters. The van der Waals surface area contributed by atoms with Crippen molar-refractivity contribution < 1.29 is 0 Å². The number of nitrogens with zero attached hydrogens (tertiary/aromatic N) is 2. The van der Waals surface area contributed by atoms with Gasteiger partial charge in [0.25, 0.3) is 0 Å². The van der Waals surface area contributed by atoms with E-state index in [2.05, 4.69) is 36.8 Å². The third-order valence-corrected chi connectivity index (χ3v) is 2.76. The molecule has 1 aliphatic heterocycles. The number of pyridine rings is 1. The normalized spacial score (nSPS) is 18.2. The lowest BCUT2D eigenvalue weighted by atomic mass is 9.81. The van der Waals surface area contributed by atoms with Crippen LogP contribution in [0.5, 0.6) is 0 Å². The van der Waals surface area contributed by atoms with E-state index >= 15 is 0 Å². The highest BCUT2D eigenvalue weighted by Crippen LogP contribution is 2.38. The van der Waals surface area contributed by atoms with E-state index in [0.717, 1.165) is 12.2 Å². The molecule has 0 radical (unpaired) electrons. The summed E-state index contributed by atoms with van der Waals surface area (Å²) in [5.74, 6) is 0.907. The van der Waals surface area contributed by atoms with Gasteiger partial charge >= 0.3 is 0 Å². The van der Waals surface area contributed by atoms with Crippen LogP contribution in [0.1, 0.15) is 32.8 Å². The maximum Gasteiger partial charge on any atom is 0.155 e. The lowest BCUT2D eigenvalue weighted by Gasteiger charge is -2.20. The van der Waals surface area contributed by atoms with E-state index in [9.17, 15) is 0 Å². The lowest BCUT2D eigenvalue weighted by Crippen LogP contribution is -2.24. The Labute approximate surface area is 78.7 Å². The molecule has 13 heavy (non-hydrogen) atoms. The SMILES string of the molecule is CCC1=Nc2ncccc2C1(C)C. The van der Waals surface area contributed by atoms with E-state index in [4.69, 9.17) is 0 Å². The maximum absolute atomic E-state index is 4.53. The topological polar surface area (TPSA) is 25.2 Å². The summed E-state index contributed by atoms with van der Waals surface area (Å²) in [6, 6.07) is 4.10. The summed E-state index contributed by atoms with van der Waals surface area (Å²) >= 11 is 0. The van der Waals surface area contributed by atoms with Gasteiger partial charge in [0.1, 0.15) is 0 Å². The predicted octanol–water partition coefficient (Wildman–Crippen LogP) is 2.86. The second-order valence-electron chi connectivity index (χ2n) is 3.91. The molecule has 0 spiro atoms. The summed E-state index contributed by atoms with van der Waals surface area (Å²) < 4.78 is 0. The van der Waals surface area contributed by atoms with E-state index in [1.54, 1.807) is 6.20 Å². The molecule has 0 atom stereocenters. The zero-order valence-electron chi connectivity index (χ0n) is 8.33. The van der Waals surface area contributed by atoms with E-state index in [1.807, 2.05) is 6.07 Å². The Bertz CT molecular complexity index is 364. The standard InChI is InChI=1S/C11H14N2/c1-4-9-11(2,3)8-6-5-7-12-10(8)13-9/h5-7H,4H2,1-3H3. The fourth-order valence-electron chi connectivity index (χ4n) is 1.92. The highest BCUT2D eigenvalue weighted by molar-refractivity contribution is 6.00. The number of hydrogen-bond donors (Lipinski definition) is 0. The van der Waals surface area contributed by atoms with E-state index in [-0.39, 0.29) is 5.41 Å². The van der Waals surface area contributed by atoms with Gasteiger partial charge in [-0.05, 0) is 12.5 Å². The molecule has 1 aromatic rings. The van der Waals surface area contributed by atoms with Crippen molar-refractivity contribution in [3.63, 3.8) is 0 Å². The minimum Gasteiger partial charge on any atom is -0.237 e. The second-order valence-corrected chi connectivity index (χ2v) is 3.91. The van der Waals surface area contributed by atoms with Crippen LogP contribution in [0, 0.1) is 0 Å². The van der Waals surface area contributed by atoms with Crippen molar-refractivity contribution >= 4 is 11.5 Å². The Morgan fingerprint density at radius 3 is 2.77 bits per heavy atom. The summed E-state index contributed by atoms with van der Waals surface area (Å²) in [7, 11) is 0. The molecule has 0 aliphatic carbocycles. The van der Waals surface area contributed by atoms with Gasteiger partial charge < -0.3 is 0 Å². The number of aliphatic imine (C=N–C) groups is 1. The van der Waals surface area contributed by atoms with Crippen molar-refractivity contribution in [3.8, 4) is 0 Å². The molecule has 68 valence electrons. The molecule has 0 N–H and O–H groups in total. The maximum atomic E-state index is 4.53. The van der Waals surface area contributed by atoms with Gasteiger partial charge in [0.2, 0.25) is 0 Å². The number of fused-ring (bicyclic) bond motifs is 1. The third kappa shape index (κ3) is 1.09. The Morgan fingerprint density at radius 2 is 2.15 bits per heavy atom. The molecule has 2 heteroatoms. The smallest absolute Gasteiger partial charge is 0.155 e. The highest BCUT2D eigenvalue weighted by Gasteiger charge is 2.33. The van der Waals surface area contributed by atoms with Crippen LogP contribution in [0.15, 0.2) is 23.3 Å². The van der Waals surface area contributed by atoms with Crippen molar-refractivity contribution in [2.75, 3.05) is 0 Å². The zero-order valence-corrected chi connectivity index (χ0v) is 8.33. The van der Waals surface area contributed by atoms with Crippen molar-refractivity contribution in [1.29, 1.82) is 0 Å². The molecule has 0 bridgehead atoms. The summed E-state index contributed by atoms with van der Waals surface area (Å²) in [6.07, 6.45) is 2.81. The van der Waals surface area contributed by atoms with Crippen molar-refractivity contribution in [2.24, 2.45) is 4.99 Å². The van der Waals surface area contributed by atoms with Gasteiger partial charge in [-0.25, -0.2) is 9.98 Å². The lowest BCUT2D eigenvalue weighted by molar-refractivity contribution is 0.720. The fraction of sp³-hybridized carbons (Fsp3) is 0.455. The summed E-state index contributed by atoms with van der Waals surface area (Å²) in [5, 5.41) is 0. The molecule has 0 amide bonds. The Hall–Kier alpha value is -1.18. The van der Waals surface area contributed by atoms with Crippen LogP contribution >= 0.6 is 0 Å². The minimum absolute atomic E-state index is 0.0817. The molecule has 2 heterocycles. The van der Waals surface area contributed by atoms with Crippen molar-refractivity contribution in [2.45, 2.75) is 32.6 Å². The number of rotatable bonds is 1. The molecule has 1 aliphatic rings. The van der Waals surface area contributed by atoms with Gasteiger partial charge in [-0.1, -0.05) is 26.8 Å². The summed E-state index contributed by atoms with van der Waals surface area (Å²) in [5.41, 5.74) is 2.58. The molecule has 0 fully saturated rings. The van der Waals surface area contributed by atoms with Crippen LogP contribution < -0.4 is 0 Å². The Balaban J connectivity index is 2.58. The molecular weight excluding hydrogens is 160 g/mol. The van der Waals surface area contributed by atoms with Gasteiger partial charge in [0, 0.05) is 22.9 Å². The summed E-state index contributed by atoms with van der Waals surface area (Å²) in [4.78, 5) is 8.79. The first-order valence-corrected chi connectivity index (χ1v) is 4.70. The van der Waals surface area contributed by atoms with Crippen LogP contribution in [0.2, 0.25) is 0 Å². The van der Waals surface area contributed by atoms with Crippen LogP contribution in [0.3, 0.4) is 0 Å². The average Bonchev–Trinajstić information content (AvgIpc) is 2.39. The molecule has 1 aromatic heterocycles. The zero-order chi connectivity index (χ0) is 9.47. The predicted molar refractivity (Wildman–Crippen MR) is 54.6 cm³/mol. The van der Waals surface area contributed by atoms with Crippen molar-refractivity contribution in [1.82, 2.24) is 4.98 Å². The van der Waals surface area contributed by atoms with E-state index in [0.29, 0.717) is 0 Å².